The maximum Gasteiger partial charge on any atom is 0.321 e. The number of piperidine rings is 1. The number of aromatic nitrogens is 2. The molecule has 1 aliphatic carbocycles. The van der Waals surface area contributed by atoms with E-state index < -0.39 is 0 Å². The van der Waals surface area contributed by atoms with Gasteiger partial charge in [-0.1, -0.05) is 11.3 Å². The van der Waals surface area contributed by atoms with Crippen molar-refractivity contribution < 1.29 is 4.79 Å². The normalized spacial score (nSPS) is 31.3. The maximum atomic E-state index is 11.8. The van der Waals surface area contributed by atoms with Crippen molar-refractivity contribution in [1.29, 1.82) is 0 Å². The summed E-state index contributed by atoms with van der Waals surface area (Å²) in [6.45, 7) is 2.27. The van der Waals surface area contributed by atoms with Crippen LogP contribution in [0.2, 0.25) is 0 Å². The van der Waals surface area contributed by atoms with Crippen molar-refractivity contribution >= 4 is 22.5 Å². The van der Waals surface area contributed by atoms with Gasteiger partial charge in [-0.3, -0.25) is 5.32 Å². The van der Waals surface area contributed by atoms with Crippen LogP contribution in [-0.4, -0.2) is 47.3 Å². The molecule has 18 heavy (non-hydrogen) atoms. The summed E-state index contributed by atoms with van der Waals surface area (Å²) in [7, 11) is 2.15. The number of nitrogens with zero attached hydrogens (tertiary/aromatic N) is 3. The molecule has 6 nitrogen and oxygen atoms in total. The molecule has 1 saturated carbocycles. The smallest absolute Gasteiger partial charge is 0.321 e. The topological polar surface area (TPSA) is 70.2 Å². The molecular weight excluding hydrogens is 250 g/mol. The van der Waals surface area contributed by atoms with Gasteiger partial charge >= 0.3 is 6.03 Å². The number of carbonyl (C=O) groups is 1. The number of hydrogen-bond acceptors (Lipinski definition) is 5. The first-order valence-corrected chi connectivity index (χ1v) is 7.08. The van der Waals surface area contributed by atoms with Gasteiger partial charge in [0, 0.05) is 18.0 Å². The van der Waals surface area contributed by atoms with Crippen LogP contribution in [0.1, 0.15) is 19.3 Å². The lowest BCUT2D eigenvalue weighted by atomic mass is 9.94. The molecule has 1 spiro atoms. The van der Waals surface area contributed by atoms with Crippen LogP contribution in [-0.2, 0) is 0 Å². The van der Waals surface area contributed by atoms with E-state index >= 15 is 0 Å². The average Bonchev–Trinajstić information content (AvgIpc) is 2.76. The molecule has 1 aromatic heterocycles. The lowest BCUT2D eigenvalue weighted by molar-refractivity contribution is 0.185. The van der Waals surface area contributed by atoms with E-state index in [-0.39, 0.29) is 6.03 Å². The van der Waals surface area contributed by atoms with Crippen LogP contribution in [0.4, 0.5) is 9.93 Å². The van der Waals surface area contributed by atoms with Gasteiger partial charge in [-0.05, 0) is 32.9 Å². The summed E-state index contributed by atoms with van der Waals surface area (Å²) in [6.07, 6.45) is 3.55. The average molecular weight is 267 g/mol. The second-order valence-electron chi connectivity index (χ2n) is 5.30. The van der Waals surface area contributed by atoms with E-state index in [1.54, 1.807) is 5.51 Å². The van der Waals surface area contributed by atoms with Gasteiger partial charge in [0.25, 0.3) is 0 Å². The minimum atomic E-state index is -0.165. The van der Waals surface area contributed by atoms with Crippen molar-refractivity contribution in [2.75, 3.05) is 25.5 Å². The van der Waals surface area contributed by atoms with Gasteiger partial charge < -0.3 is 10.2 Å². The molecule has 3 rings (SSSR count). The van der Waals surface area contributed by atoms with Crippen LogP contribution in [0.15, 0.2) is 5.51 Å². The number of likely N-dealkylation sites (tertiary alicyclic amines) is 1. The van der Waals surface area contributed by atoms with Crippen LogP contribution < -0.4 is 10.6 Å². The molecule has 2 N–H and O–H groups in total. The highest BCUT2D eigenvalue weighted by atomic mass is 32.1. The van der Waals surface area contributed by atoms with Crippen molar-refractivity contribution in [3.63, 3.8) is 0 Å². The molecule has 1 saturated heterocycles. The van der Waals surface area contributed by atoms with Crippen LogP contribution in [0.25, 0.3) is 0 Å². The van der Waals surface area contributed by atoms with Crippen molar-refractivity contribution in [2.45, 2.75) is 25.3 Å². The monoisotopic (exact) mass is 267 g/mol. The fourth-order valence-electron chi connectivity index (χ4n) is 2.92. The van der Waals surface area contributed by atoms with E-state index in [0.29, 0.717) is 16.6 Å². The molecule has 2 heterocycles. The maximum absolute atomic E-state index is 11.8. The molecule has 2 amide bonds. The summed E-state index contributed by atoms with van der Waals surface area (Å²) < 4.78 is 0. The van der Waals surface area contributed by atoms with Gasteiger partial charge in [-0.25, -0.2) is 4.79 Å². The molecular formula is C11H17N5OS. The number of nitrogens with one attached hydrogen (secondary N) is 2. The van der Waals surface area contributed by atoms with E-state index in [4.69, 9.17) is 0 Å². The van der Waals surface area contributed by atoms with E-state index in [2.05, 4.69) is 32.8 Å². The first-order chi connectivity index (χ1) is 8.68. The molecule has 2 aliphatic rings. The quantitative estimate of drug-likeness (QED) is 0.843. The molecule has 98 valence electrons. The Hall–Kier alpha value is -1.21. The molecule has 0 radical (unpaired) electrons. The van der Waals surface area contributed by atoms with E-state index in [1.165, 1.54) is 30.7 Å². The second-order valence-corrected chi connectivity index (χ2v) is 6.14. The summed E-state index contributed by atoms with van der Waals surface area (Å²) in [6, 6.07) is 0.148. The van der Waals surface area contributed by atoms with E-state index in [0.717, 1.165) is 13.0 Å². The molecule has 7 heteroatoms. The molecule has 0 bridgehead atoms. The lowest BCUT2D eigenvalue weighted by Gasteiger charge is -2.30. The van der Waals surface area contributed by atoms with Crippen LogP contribution in [0.3, 0.4) is 0 Å². The van der Waals surface area contributed by atoms with Gasteiger partial charge in [0.15, 0.2) is 0 Å². The Labute approximate surface area is 110 Å². The largest absolute Gasteiger partial charge is 0.334 e. The van der Waals surface area contributed by atoms with Crippen LogP contribution in [0.5, 0.6) is 0 Å². The summed E-state index contributed by atoms with van der Waals surface area (Å²) >= 11 is 1.32. The first kappa shape index (κ1) is 11.9. The Bertz CT molecular complexity index is 437. The van der Waals surface area contributed by atoms with Crippen molar-refractivity contribution in [3.8, 4) is 0 Å². The summed E-state index contributed by atoms with van der Waals surface area (Å²) in [5, 5.41) is 13.8. The number of amides is 2. The van der Waals surface area contributed by atoms with Crippen molar-refractivity contribution in [2.24, 2.45) is 5.41 Å². The van der Waals surface area contributed by atoms with Gasteiger partial charge in [0.2, 0.25) is 5.13 Å². The van der Waals surface area contributed by atoms with Crippen LogP contribution in [0, 0.1) is 5.41 Å². The Morgan fingerprint density at radius 1 is 1.67 bits per heavy atom. The molecule has 2 atom stereocenters. The Morgan fingerprint density at radius 3 is 3.28 bits per heavy atom. The molecule has 1 aromatic rings. The SMILES string of the molecule is CN1CCCC2(C[C@@H]2NC(=O)Nc2nncs2)C1. The molecule has 0 aromatic carbocycles. The number of rotatable bonds is 2. The predicted molar refractivity (Wildman–Crippen MR) is 69.6 cm³/mol. The van der Waals surface area contributed by atoms with E-state index in [9.17, 15) is 4.79 Å². The Morgan fingerprint density at radius 2 is 2.56 bits per heavy atom. The first-order valence-electron chi connectivity index (χ1n) is 6.20. The number of carbonyl (C=O) groups excluding carboxylic acids is 1. The molecule has 1 unspecified atom stereocenters. The second kappa shape index (κ2) is 4.47. The standard InChI is InChI=1S/C11H17N5OS/c1-16-4-2-3-11(6-16)5-8(11)13-9(17)14-10-15-12-7-18-10/h7-8H,2-6H2,1H3,(H2,13,14,15,17)/t8-,11?/m0/s1. The van der Waals surface area contributed by atoms with Gasteiger partial charge in [-0.15, -0.1) is 10.2 Å². The third-order valence-electron chi connectivity index (χ3n) is 3.87. The minimum Gasteiger partial charge on any atom is -0.334 e. The zero-order valence-electron chi connectivity index (χ0n) is 10.3. The van der Waals surface area contributed by atoms with Crippen LogP contribution >= 0.6 is 11.3 Å². The van der Waals surface area contributed by atoms with Gasteiger partial charge in [0.05, 0.1) is 0 Å². The summed E-state index contributed by atoms with van der Waals surface area (Å²) in [5.74, 6) is 0. The number of anilines is 1. The Balaban J connectivity index is 1.51. The van der Waals surface area contributed by atoms with Gasteiger partial charge in [-0.2, -0.15) is 0 Å². The highest BCUT2D eigenvalue weighted by molar-refractivity contribution is 7.13. The zero-order valence-corrected chi connectivity index (χ0v) is 11.2. The minimum absolute atomic E-state index is 0.165. The highest BCUT2D eigenvalue weighted by Gasteiger charge is 2.55. The number of hydrogen-bond donors (Lipinski definition) is 2. The number of urea groups is 1. The predicted octanol–water partition coefficient (Wildman–Crippen LogP) is 1.14. The zero-order chi connectivity index (χ0) is 12.6. The highest BCUT2D eigenvalue weighted by Crippen LogP contribution is 2.52. The third kappa shape index (κ3) is 2.32. The fraction of sp³-hybridized carbons (Fsp3) is 0.727. The fourth-order valence-corrected chi connectivity index (χ4v) is 3.36. The summed E-state index contributed by atoms with van der Waals surface area (Å²) in [5.41, 5.74) is 1.93. The summed E-state index contributed by atoms with van der Waals surface area (Å²) in [4.78, 5) is 14.1. The van der Waals surface area contributed by atoms with E-state index in [1.807, 2.05) is 0 Å². The third-order valence-corrected chi connectivity index (χ3v) is 4.48. The molecule has 2 fully saturated rings. The van der Waals surface area contributed by atoms with Crippen molar-refractivity contribution in [1.82, 2.24) is 20.4 Å². The lowest BCUT2D eigenvalue weighted by Crippen LogP contribution is -2.40. The van der Waals surface area contributed by atoms with Crippen molar-refractivity contribution in [3.05, 3.63) is 5.51 Å². The molecule has 1 aliphatic heterocycles. The Kier molecular flexibility index (Phi) is 2.95. The van der Waals surface area contributed by atoms with Gasteiger partial charge in [0.1, 0.15) is 5.51 Å².